The lowest BCUT2D eigenvalue weighted by atomic mass is 9.86. The molecule has 0 bridgehead atoms. The lowest BCUT2D eigenvalue weighted by Gasteiger charge is -2.34. The van der Waals surface area contributed by atoms with Gasteiger partial charge in [-0.25, -0.2) is 8.42 Å². The zero-order chi connectivity index (χ0) is 29.2. The Balaban J connectivity index is 1.25. The van der Waals surface area contributed by atoms with E-state index in [1.165, 1.54) is 24.0 Å². The first kappa shape index (κ1) is 29.3. The van der Waals surface area contributed by atoms with Crippen molar-refractivity contribution in [3.63, 3.8) is 0 Å². The third-order valence-electron chi connectivity index (χ3n) is 7.64. The molecule has 13 heteroatoms. The number of carbonyl (C=O) groups excluding carboxylic acids is 2. The lowest BCUT2D eigenvalue weighted by molar-refractivity contribution is -0.274. The highest BCUT2D eigenvalue weighted by Gasteiger charge is 2.40. The molecule has 222 valence electrons. The normalized spacial score (nSPS) is 21.6. The van der Waals surface area contributed by atoms with E-state index >= 15 is 0 Å². The van der Waals surface area contributed by atoms with Crippen molar-refractivity contribution in [2.75, 3.05) is 19.6 Å². The number of alkyl halides is 3. The van der Waals surface area contributed by atoms with Crippen molar-refractivity contribution >= 4 is 21.8 Å². The van der Waals surface area contributed by atoms with Gasteiger partial charge in [-0.05, 0) is 85.5 Å². The van der Waals surface area contributed by atoms with Crippen LogP contribution in [0.1, 0.15) is 54.8 Å². The Kier molecular flexibility index (Phi) is 8.57. The fraction of sp³-hybridized carbons (Fsp3) is 0.500. The topological polar surface area (TPSA) is 117 Å². The van der Waals surface area contributed by atoms with Crippen molar-refractivity contribution in [2.24, 2.45) is 5.92 Å². The molecule has 3 N–H and O–H groups in total. The van der Waals surface area contributed by atoms with Gasteiger partial charge in [-0.2, -0.15) is 4.31 Å². The molecule has 2 atom stereocenters. The second-order valence-corrected chi connectivity index (χ2v) is 12.7. The van der Waals surface area contributed by atoms with E-state index in [2.05, 4.69) is 32.8 Å². The molecule has 41 heavy (non-hydrogen) atoms. The Hall–Kier alpha value is -3.16. The van der Waals surface area contributed by atoms with Gasteiger partial charge >= 0.3 is 6.36 Å². The van der Waals surface area contributed by atoms with Gasteiger partial charge in [0.1, 0.15) is 11.8 Å². The average Bonchev–Trinajstić information content (AvgIpc) is 3.74. The second-order valence-electron chi connectivity index (χ2n) is 10.8. The third-order valence-corrected chi connectivity index (χ3v) is 9.56. The molecule has 0 radical (unpaired) electrons. The van der Waals surface area contributed by atoms with Crippen LogP contribution in [0.2, 0.25) is 0 Å². The molecule has 0 spiro atoms. The minimum absolute atomic E-state index is 0.0410. The van der Waals surface area contributed by atoms with Gasteiger partial charge in [0.2, 0.25) is 21.8 Å². The van der Waals surface area contributed by atoms with Gasteiger partial charge in [-0.1, -0.05) is 18.2 Å². The summed E-state index contributed by atoms with van der Waals surface area (Å²) in [6.07, 6.45) is -0.217. The maximum atomic E-state index is 13.4. The minimum atomic E-state index is -4.92. The van der Waals surface area contributed by atoms with Gasteiger partial charge in [0, 0.05) is 19.6 Å². The van der Waals surface area contributed by atoms with Gasteiger partial charge in [-0.15, -0.1) is 13.2 Å². The van der Waals surface area contributed by atoms with Crippen LogP contribution < -0.4 is 20.7 Å². The van der Waals surface area contributed by atoms with E-state index in [-0.39, 0.29) is 24.0 Å². The monoisotopic (exact) mass is 594 g/mol. The molecule has 1 saturated heterocycles. The Labute approximate surface area is 236 Å². The van der Waals surface area contributed by atoms with Crippen LogP contribution >= 0.6 is 0 Å². The standard InChI is InChI=1S/C28H33F3N4O5S/c29-28(30,31)40-21-7-9-22(10-8-21)41(38,39)35-13-12-33-27(37)25(35)15-26(36)34-24-3-1-2-20-14-19(6-11-23(20)24)17-32-16-18-4-5-18/h6-11,14,18,24-25,32H,1-5,12-13,15-17H2,(H,33,37)(H,34,36)/t24-,25?/m1/s1. The predicted molar refractivity (Wildman–Crippen MR) is 143 cm³/mol. The van der Waals surface area contributed by atoms with Gasteiger partial charge in [0.15, 0.2) is 0 Å². The maximum Gasteiger partial charge on any atom is 0.573 e. The first-order valence-electron chi connectivity index (χ1n) is 13.8. The van der Waals surface area contributed by atoms with E-state index in [4.69, 9.17) is 0 Å². The molecule has 1 aliphatic heterocycles. The van der Waals surface area contributed by atoms with Crippen molar-refractivity contribution in [1.29, 1.82) is 0 Å². The number of benzene rings is 2. The molecular weight excluding hydrogens is 561 g/mol. The Morgan fingerprint density at radius 3 is 2.56 bits per heavy atom. The average molecular weight is 595 g/mol. The summed E-state index contributed by atoms with van der Waals surface area (Å²) in [6, 6.07) is 8.44. The smallest absolute Gasteiger partial charge is 0.406 e. The van der Waals surface area contributed by atoms with E-state index in [1.807, 2.05) is 6.07 Å². The largest absolute Gasteiger partial charge is 0.573 e. The molecule has 2 aromatic rings. The molecule has 3 aliphatic rings. The quantitative estimate of drug-likeness (QED) is 0.389. The van der Waals surface area contributed by atoms with Crippen LogP contribution in [0.25, 0.3) is 0 Å². The lowest BCUT2D eigenvalue weighted by Crippen LogP contribution is -2.58. The van der Waals surface area contributed by atoms with Crippen LogP contribution in [0.3, 0.4) is 0 Å². The number of fused-ring (bicyclic) bond motifs is 1. The molecule has 2 aromatic carbocycles. The zero-order valence-electron chi connectivity index (χ0n) is 22.4. The fourth-order valence-electron chi connectivity index (χ4n) is 5.42. The van der Waals surface area contributed by atoms with E-state index in [0.29, 0.717) is 0 Å². The van der Waals surface area contributed by atoms with Crippen molar-refractivity contribution in [1.82, 2.24) is 20.3 Å². The number of piperazine rings is 1. The molecular formula is C28H33F3N4O5S. The summed E-state index contributed by atoms with van der Waals surface area (Å²) in [5.74, 6) is -0.852. The highest BCUT2D eigenvalue weighted by atomic mass is 32.2. The minimum Gasteiger partial charge on any atom is -0.406 e. The third kappa shape index (κ3) is 7.38. The second kappa shape index (κ2) is 12.0. The number of hydrogen-bond donors (Lipinski definition) is 3. The first-order valence-corrected chi connectivity index (χ1v) is 15.2. The molecule has 2 aliphatic carbocycles. The molecule has 5 rings (SSSR count). The summed E-state index contributed by atoms with van der Waals surface area (Å²) in [6.45, 7) is 1.77. The van der Waals surface area contributed by atoms with Gasteiger partial charge in [0.05, 0.1) is 17.4 Å². The molecule has 1 unspecified atom stereocenters. The SMILES string of the molecule is O=C(CC1C(=O)NCCN1S(=O)(=O)c1ccc(OC(F)(F)F)cc1)N[C@@H]1CCCc2cc(CNCC3CC3)ccc21. The first-order chi connectivity index (χ1) is 19.5. The maximum absolute atomic E-state index is 13.4. The van der Waals surface area contributed by atoms with Crippen molar-refractivity contribution in [3.8, 4) is 5.75 Å². The number of rotatable bonds is 10. The molecule has 1 saturated carbocycles. The fourth-order valence-corrected chi connectivity index (χ4v) is 7.01. The number of nitrogens with zero attached hydrogens (tertiary/aromatic N) is 1. The summed E-state index contributed by atoms with van der Waals surface area (Å²) in [5, 5.41) is 9.08. The van der Waals surface area contributed by atoms with Crippen LogP contribution in [-0.4, -0.2) is 56.6 Å². The van der Waals surface area contributed by atoms with Crippen LogP contribution in [0.15, 0.2) is 47.4 Å². The van der Waals surface area contributed by atoms with Crippen molar-refractivity contribution < 1.29 is 35.9 Å². The van der Waals surface area contributed by atoms with Crippen LogP contribution in [0.4, 0.5) is 13.2 Å². The number of carbonyl (C=O) groups is 2. The van der Waals surface area contributed by atoms with Gasteiger partial charge in [0.25, 0.3) is 0 Å². The van der Waals surface area contributed by atoms with Gasteiger partial charge < -0.3 is 20.7 Å². The van der Waals surface area contributed by atoms with Crippen molar-refractivity contribution in [3.05, 3.63) is 59.2 Å². The van der Waals surface area contributed by atoms with Crippen molar-refractivity contribution in [2.45, 2.75) is 68.4 Å². The number of halogens is 3. The Morgan fingerprint density at radius 2 is 1.85 bits per heavy atom. The number of aryl methyl sites for hydroxylation is 1. The summed E-state index contributed by atoms with van der Waals surface area (Å²) in [7, 11) is -4.30. The molecule has 1 heterocycles. The van der Waals surface area contributed by atoms with E-state index < -0.39 is 46.4 Å². The van der Waals surface area contributed by atoms with Crippen LogP contribution in [0, 0.1) is 5.92 Å². The molecule has 2 fully saturated rings. The summed E-state index contributed by atoms with van der Waals surface area (Å²) in [5.41, 5.74) is 3.38. The van der Waals surface area contributed by atoms with Crippen LogP contribution in [0.5, 0.6) is 5.75 Å². The molecule has 9 nitrogen and oxygen atoms in total. The van der Waals surface area contributed by atoms with E-state index in [0.717, 1.165) is 72.4 Å². The summed E-state index contributed by atoms with van der Waals surface area (Å²) < 4.78 is 68.9. The number of nitrogens with one attached hydrogen (secondary N) is 3. The Morgan fingerprint density at radius 1 is 1.10 bits per heavy atom. The zero-order valence-corrected chi connectivity index (χ0v) is 23.2. The number of hydrogen-bond acceptors (Lipinski definition) is 6. The number of sulfonamides is 1. The van der Waals surface area contributed by atoms with Crippen LogP contribution in [-0.2, 0) is 32.6 Å². The van der Waals surface area contributed by atoms with Gasteiger partial charge in [-0.3, -0.25) is 9.59 Å². The predicted octanol–water partition coefficient (Wildman–Crippen LogP) is 3.16. The summed E-state index contributed by atoms with van der Waals surface area (Å²) in [4.78, 5) is 25.6. The Bertz CT molecular complexity index is 1380. The molecule has 0 aromatic heterocycles. The number of amides is 2. The van der Waals surface area contributed by atoms with E-state index in [9.17, 15) is 31.2 Å². The summed E-state index contributed by atoms with van der Waals surface area (Å²) >= 11 is 0. The highest BCUT2D eigenvalue weighted by molar-refractivity contribution is 7.89. The molecule has 2 amide bonds. The highest BCUT2D eigenvalue weighted by Crippen LogP contribution is 2.32. The van der Waals surface area contributed by atoms with E-state index in [1.54, 1.807) is 0 Å². The number of ether oxygens (including phenoxy) is 1.